The van der Waals surface area contributed by atoms with Gasteiger partial charge in [-0.25, -0.2) is 0 Å². The number of nitrogens with one attached hydrogen (secondary N) is 1. The standard InChI is InChI=1S/C17H19NO2/c1-12-17(18-19-2)15-11-14(8-9-16(15)20-12)10-13-6-4-3-5-7-13/h3-9,11-12,17-18H,10H2,1-2H3. The number of hydrogen-bond acceptors (Lipinski definition) is 3. The smallest absolute Gasteiger partial charge is 0.124 e. The van der Waals surface area contributed by atoms with Crippen molar-refractivity contribution < 1.29 is 9.57 Å². The lowest BCUT2D eigenvalue weighted by Gasteiger charge is -2.14. The Morgan fingerprint density at radius 3 is 2.65 bits per heavy atom. The number of hydroxylamine groups is 1. The molecule has 0 bridgehead atoms. The van der Waals surface area contributed by atoms with Gasteiger partial charge in [0.2, 0.25) is 0 Å². The zero-order valence-corrected chi connectivity index (χ0v) is 11.8. The first kappa shape index (κ1) is 13.2. The van der Waals surface area contributed by atoms with E-state index >= 15 is 0 Å². The molecule has 1 aliphatic heterocycles. The predicted octanol–water partition coefficient (Wildman–Crippen LogP) is 3.25. The molecule has 1 heterocycles. The maximum absolute atomic E-state index is 5.83. The van der Waals surface area contributed by atoms with Crippen molar-refractivity contribution in [3.63, 3.8) is 0 Å². The molecule has 0 spiro atoms. The maximum atomic E-state index is 5.83. The van der Waals surface area contributed by atoms with Gasteiger partial charge in [-0.15, -0.1) is 0 Å². The van der Waals surface area contributed by atoms with Gasteiger partial charge in [-0.1, -0.05) is 36.4 Å². The van der Waals surface area contributed by atoms with Crippen molar-refractivity contribution in [1.82, 2.24) is 5.48 Å². The van der Waals surface area contributed by atoms with Crippen LogP contribution in [-0.4, -0.2) is 13.2 Å². The molecule has 2 atom stereocenters. The fraction of sp³-hybridized carbons (Fsp3) is 0.294. The number of hydrogen-bond donors (Lipinski definition) is 1. The van der Waals surface area contributed by atoms with E-state index in [1.54, 1.807) is 7.11 Å². The highest BCUT2D eigenvalue weighted by Crippen LogP contribution is 2.37. The van der Waals surface area contributed by atoms with Gasteiger partial charge < -0.3 is 9.57 Å². The highest BCUT2D eigenvalue weighted by Gasteiger charge is 2.31. The summed E-state index contributed by atoms with van der Waals surface area (Å²) < 4.78 is 5.83. The molecule has 3 rings (SSSR count). The molecule has 3 heteroatoms. The summed E-state index contributed by atoms with van der Waals surface area (Å²) in [6.45, 7) is 2.05. The van der Waals surface area contributed by atoms with E-state index in [2.05, 4.69) is 47.9 Å². The van der Waals surface area contributed by atoms with Crippen LogP contribution in [0.5, 0.6) is 5.75 Å². The van der Waals surface area contributed by atoms with E-state index < -0.39 is 0 Å². The molecule has 2 aromatic rings. The fourth-order valence-electron chi connectivity index (χ4n) is 2.70. The van der Waals surface area contributed by atoms with Crippen LogP contribution in [-0.2, 0) is 11.3 Å². The molecule has 0 radical (unpaired) electrons. The Bertz CT molecular complexity index is 583. The van der Waals surface area contributed by atoms with Gasteiger partial charge in [0.1, 0.15) is 11.9 Å². The van der Waals surface area contributed by atoms with Crippen LogP contribution in [0.25, 0.3) is 0 Å². The molecule has 20 heavy (non-hydrogen) atoms. The molecule has 2 aromatic carbocycles. The Morgan fingerprint density at radius 1 is 1.10 bits per heavy atom. The van der Waals surface area contributed by atoms with Crippen LogP contribution in [0.3, 0.4) is 0 Å². The lowest BCUT2D eigenvalue weighted by atomic mass is 9.99. The third-order valence-corrected chi connectivity index (χ3v) is 3.69. The summed E-state index contributed by atoms with van der Waals surface area (Å²) in [5.74, 6) is 0.948. The minimum absolute atomic E-state index is 0.0805. The lowest BCUT2D eigenvalue weighted by Crippen LogP contribution is -2.27. The van der Waals surface area contributed by atoms with Crippen molar-refractivity contribution in [2.45, 2.75) is 25.5 Å². The third kappa shape index (κ3) is 2.55. The average molecular weight is 269 g/mol. The van der Waals surface area contributed by atoms with Crippen LogP contribution < -0.4 is 10.2 Å². The molecular weight excluding hydrogens is 250 g/mol. The van der Waals surface area contributed by atoms with Gasteiger partial charge in [0.25, 0.3) is 0 Å². The maximum Gasteiger partial charge on any atom is 0.124 e. The number of rotatable bonds is 4. The summed E-state index contributed by atoms with van der Waals surface area (Å²) in [6, 6.07) is 17.0. The first-order valence-corrected chi connectivity index (χ1v) is 6.90. The molecule has 1 aliphatic rings. The van der Waals surface area contributed by atoms with Crippen LogP contribution in [0, 0.1) is 0 Å². The minimum Gasteiger partial charge on any atom is -0.488 e. The number of fused-ring (bicyclic) bond motifs is 1. The fourth-order valence-corrected chi connectivity index (χ4v) is 2.70. The topological polar surface area (TPSA) is 30.5 Å². The normalized spacial score (nSPS) is 20.5. The molecule has 0 saturated heterocycles. The molecule has 3 nitrogen and oxygen atoms in total. The van der Waals surface area contributed by atoms with Crippen LogP contribution in [0.2, 0.25) is 0 Å². The number of ether oxygens (including phenoxy) is 1. The van der Waals surface area contributed by atoms with Gasteiger partial charge in [-0.2, -0.15) is 5.48 Å². The first-order chi connectivity index (χ1) is 9.78. The second-order valence-corrected chi connectivity index (χ2v) is 5.16. The SMILES string of the molecule is CONC1c2cc(Cc3ccccc3)ccc2OC1C. The Labute approximate surface area is 119 Å². The minimum atomic E-state index is 0.0805. The average Bonchev–Trinajstić information content (AvgIpc) is 2.77. The van der Waals surface area contributed by atoms with Crippen molar-refractivity contribution in [2.24, 2.45) is 0 Å². The van der Waals surface area contributed by atoms with Crippen LogP contribution >= 0.6 is 0 Å². The summed E-state index contributed by atoms with van der Waals surface area (Å²) >= 11 is 0. The molecule has 104 valence electrons. The van der Waals surface area contributed by atoms with E-state index in [0.717, 1.165) is 12.2 Å². The molecule has 2 unspecified atom stereocenters. The van der Waals surface area contributed by atoms with Gasteiger partial charge in [-0.05, 0) is 36.6 Å². The lowest BCUT2D eigenvalue weighted by molar-refractivity contribution is 0.0339. The van der Waals surface area contributed by atoms with E-state index in [4.69, 9.17) is 9.57 Å². The van der Waals surface area contributed by atoms with Gasteiger partial charge in [0, 0.05) is 5.56 Å². The molecule has 0 aliphatic carbocycles. The Balaban J connectivity index is 1.86. The van der Waals surface area contributed by atoms with Crippen molar-refractivity contribution >= 4 is 0 Å². The van der Waals surface area contributed by atoms with E-state index in [9.17, 15) is 0 Å². The molecule has 0 saturated carbocycles. The Kier molecular flexibility index (Phi) is 3.72. The van der Waals surface area contributed by atoms with E-state index in [1.807, 2.05) is 13.0 Å². The predicted molar refractivity (Wildman–Crippen MR) is 78.7 cm³/mol. The molecule has 0 fully saturated rings. The second-order valence-electron chi connectivity index (χ2n) is 5.16. The van der Waals surface area contributed by atoms with Gasteiger partial charge in [0.15, 0.2) is 0 Å². The number of benzene rings is 2. The van der Waals surface area contributed by atoms with Gasteiger partial charge >= 0.3 is 0 Å². The largest absolute Gasteiger partial charge is 0.488 e. The quantitative estimate of drug-likeness (QED) is 0.864. The molecule has 0 aromatic heterocycles. The summed E-state index contributed by atoms with van der Waals surface area (Å²) in [6.07, 6.45) is 1.01. The zero-order valence-electron chi connectivity index (χ0n) is 11.8. The van der Waals surface area contributed by atoms with Crippen molar-refractivity contribution in [3.05, 3.63) is 65.2 Å². The Morgan fingerprint density at radius 2 is 1.90 bits per heavy atom. The van der Waals surface area contributed by atoms with Crippen LogP contribution in [0.1, 0.15) is 29.7 Å². The van der Waals surface area contributed by atoms with Crippen molar-refractivity contribution in [2.75, 3.05) is 7.11 Å². The molecule has 1 N–H and O–H groups in total. The summed E-state index contributed by atoms with van der Waals surface area (Å²) in [4.78, 5) is 5.08. The van der Waals surface area contributed by atoms with E-state index in [0.29, 0.717) is 0 Å². The van der Waals surface area contributed by atoms with Gasteiger partial charge in [-0.3, -0.25) is 0 Å². The van der Waals surface area contributed by atoms with E-state index in [1.165, 1.54) is 16.7 Å². The highest BCUT2D eigenvalue weighted by atomic mass is 16.6. The van der Waals surface area contributed by atoms with E-state index in [-0.39, 0.29) is 12.1 Å². The molecule has 0 amide bonds. The molecular formula is C17H19NO2. The van der Waals surface area contributed by atoms with Gasteiger partial charge in [0.05, 0.1) is 13.2 Å². The van der Waals surface area contributed by atoms with Crippen LogP contribution in [0.4, 0.5) is 0 Å². The third-order valence-electron chi connectivity index (χ3n) is 3.69. The second kappa shape index (κ2) is 5.65. The monoisotopic (exact) mass is 269 g/mol. The van der Waals surface area contributed by atoms with Crippen LogP contribution in [0.15, 0.2) is 48.5 Å². The summed E-state index contributed by atoms with van der Waals surface area (Å²) in [5.41, 5.74) is 6.79. The van der Waals surface area contributed by atoms with Crippen molar-refractivity contribution in [3.8, 4) is 5.75 Å². The zero-order chi connectivity index (χ0) is 13.9. The summed E-state index contributed by atoms with van der Waals surface area (Å²) in [5, 5.41) is 0. The highest BCUT2D eigenvalue weighted by molar-refractivity contribution is 5.44. The van der Waals surface area contributed by atoms with Crippen molar-refractivity contribution in [1.29, 1.82) is 0 Å². The first-order valence-electron chi connectivity index (χ1n) is 6.90. The summed E-state index contributed by atoms with van der Waals surface area (Å²) in [7, 11) is 1.64. The Hall–Kier alpha value is -1.84.